The number of aryl methyl sites for hydroxylation is 1. The summed E-state index contributed by atoms with van der Waals surface area (Å²) < 4.78 is 4.66. The predicted molar refractivity (Wildman–Crippen MR) is 132 cm³/mol. The van der Waals surface area contributed by atoms with Crippen LogP contribution in [0.1, 0.15) is 67.2 Å². The van der Waals surface area contributed by atoms with E-state index in [1.54, 1.807) is 0 Å². The van der Waals surface area contributed by atoms with E-state index in [4.69, 9.17) is 11.6 Å². The Balaban J connectivity index is 1.56. The van der Waals surface area contributed by atoms with Crippen molar-refractivity contribution in [2.75, 3.05) is 7.11 Å². The highest BCUT2D eigenvalue weighted by molar-refractivity contribution is 6.21. The Hall–Kier alpha value is -2.14. The van der Waals surface area contributed by atoms with Gasteiger partial charge in [0.05, 0.1) is 19.3 Å². The molecule has 2 N–H and O–H groups in total. The lowest BCUT2D eigenvalue weighted by atomic mass is 9.84. The van der Waals surface area contributed by atoms with Crippen LogP contribution in [0.25, 0.3) is 0 Å². The van der Waals surface area contributed by atoms with Crippen LogP contribution < -0.4 is 0 Å². The van der Waals surface area contributed by atoms with Crippen molar-refractivity contribution in [1.82, 2.24) is 0 Å². The number of benzene rings is 2. The van der Waals surface area contributed by atoms with Gasteiger partial charge in [-0.15, -0.1) is 11.6 Å². The molecule has 0 radical (unpaired) electrons. The molecular weight excluding hydrogens is 436 g/mol. The Morgan fingerprint density at radius 3 is 2.58 bits per heavy atom. The van der Waals surface area contributed by atoms with E-state index >= 15 is 0 Å². The molecule has 0 heterocycles. The van der Waals surface area contributed by atoms with Crippen molar-refractivity contribution >= 4 is 17.6 Å². The monoisotopic (exact) mass is 470 g/mol. The summed E-state index contributed by atoms with van der Waals surface area (Å²) in [6, 6.07) is 18.2. The highest BCUT2D eigenvalue weighted by Crippen LogP contribution is 2.45. The van der Waals surface area contributed by atoms with Crippen LogP contribution in [0, 0.1) is 5.92 Å². The van der Waals surface area contributed by atoms with Crippen LogP contribution in [0.15, 0.2) is 66.7 Å². The Morgan fingerprint density at radius 2 is 1.88 bits per heavy atom. The maximum Gasteiger partial charge on any atom is 0.305 e. The lowest BCUT2D eigenvalue weighted by Gasteiger charge is -2.23. The first-order valence-electron chi connectivity index (χ1n) is 11.9. The van der Waals surface area contributed by atoms with Gasteiger partial charge < -0.3 is 14.9 Å². The van der Waals surface area contributed by atoms with Crippen molar-refractivity contribution < 1.29 is 19.7 Å². The van der Waals surface area contributed by atoms with E-state index in [0.717, 1.165) is 36.8 Å². The summed E-state index contributed by atoms with van der Waals surface area (Å²) in [5, 5.41) is 21.2. The minimum Gasteiger partial charge on any atom is -0.469 e. The number of carbonyl (C=O) groups is 1. The molecule has 0 aliphatic heterocycles. The van der Waals surface area contributed by atoms with Gasteiger partial charge in [-0.25, -0.2) is 0 Å². The normalized spacial score (nSPS) is 23.6. The van der Waals surface area contributed by atoms with Crippen LogP contribution in [0.3, 0.4) is 0 Å². The first kappa shape index (κ1) is 25.5. The summed E-state index contributed by atoms with van der Waals surface area (Å²) in [6.07, 6.45) is 8.07. The fourth-order valence-corrected chi connectivity index (χ4v) is 5.16. The first-order chi connectivity index (χ1) is 16.0. The third-order valence-electron chi connectivity index (χ3n) is 6.62. The number of aliphatic hydroxyl groups excluding tert-OH is 2. The van der Waals surface area contributed by atoms with Gasteiger partial charge >= 0.3 is 5.97 Å². The molecule has 1 unspecified atom stereocenters. The number of aliphatic hydroxyl groups is 2. The first-order valence-corrected chi connectivity index (χ1v) is 12.3. The highest BCUT2D eigenvalue weighted by atomic mass is 35.5. The van der Waals surface area contributed by atoms with E-state index in [2.05, 4.69) is 29.0 Å². The summed E-state index contributed by atoms with van der Waals surface area (Å²) in [4.78, 5) is 11.2. The number of methoxy groups -OCH3 is 1. The number of esters is 1. The van der Waals surface area contributed by atoms with Gasteiger partial charge in [-0.2, -0.15) is 0 Å². The highest BCUT2D eigenvalue weighted by Gasteiger charge is 2.41. The van der Waals surface area contributed by atoms with Crippen LogP contribution in [-0.4, -0.2) is 34.8 Å². The van der Waals surface area contributed by atoms with E-state index < -0.39 is 12.2 Å². The zero-order valence-corrected chi connectivity index (χ0v) is 20.0. The molecular formula is C28H35ClO4. The van der Waals surface area contributed by atoms with Crippen molar-refractivity contribution in [3.05, 3.63) is 83.4 Å². The van der Waals surface area contributed by atoms with Crippen molar-refractivity contribution in [3.63, 3.8) is 0 Å². The number of hydrogen-bond acceptors (Lipinski definition) is 4. The second-order valence-corrected chi connectivity index (χ2v) is 9.45. The molecule has 0 saturated heterocycles. The summed E-state index contributed by atoms with van der Waals surface area (Å²) in [5.74, 6) is -0.0630. The summed E-state index contributed by atoms with van der Waals surface area (Å²) in [5.41, 5.74) is 3.18. The third-order valence-corrected chi connectivity index (χ3v) is 7.12. The molecule has 1 aliphatic carbocycles. The topological polar surface area (TPSA) is 66.8 Å². The minimum atomic E-state index is -0.516. The summed E-state index contributed by atoms with van der Waals surface area (Å²) in [6.45, 7) is 0. The number of rotatable bonds is 11. The molecule has 2 aromatic carbocycles. The van der Waals surface area contributed by atoms with E-state index in [1.807, 2.05) is 42.5 Å². The molecule has 2 aromatic rings. The average molecular weight is 471 g/mol. The molecule has 5 heteroatoms. The molecule has 4 nitrogen and oxygen atoms in total. The van der Waals surface area contributed by atoms with Crippen LogP contribution in [0.5, 0.6) is 0 Å². The smallest absolute Gasteiger partial charge is 0.305 e. The number of unbranched alkanes of at least 4 members (excludes halogenated alkanes) is 1. The van der Waals surface area contributed by atoms with Crippen LogP contribution in [0.2, 0.25) is 0 Å². The number of alkyl halides is 1. The molecule has 178 valence electrons. The Morgan fingerprint density at radius 1 is 1.15 bits per heavy atom. The minimum absolute atomic E-state index is 0.0252. The van der Waals surface area contributed by atoms with E-state index in [9.17, 15) is 15.0 Å². The van der Waals surface area contributed by atoms with Crippen LogP contribution in [-0.2, 0) is 16.0 Å². The molecule has 0 bridgehead atoms. The van der Waals surface area contributed by atoms with Gasteiger partial charge in [-0.1, -0.05) is 66.7 Å². The largest absolute Gasteiger partial charge is 0.469 e. The van der Waals surface area contributed by atoms with Crippen LogP contribution in [0.4, 0.5) is 0 Å². The molecule has 1 aliphatic rings. The Labute approximate surface area is 202 Å². The molecule has 0 amide bonds. The van der Waals surface area contributed by atoms with Crippen molar-refractivity contribution in [2.24, 2.45) is 5.92 Å². The number of halogens is 1. The predicted octanol–water partition coefficient (Wildman–Crippen LogP) is 5.71. The van der Waals surface area contributed by atoms with Gasteiger partial charge in [0.25, 0.3) is 0 Å². The van der Waals surface area contributed by atoms with E-state index in [0.29, 0.717) is 19.3 Å². The maximum atomic E-state index is 11.2. The molecule has 33 heavy (non-hydrogen) atoms. The zero-order chi connectivity index (χ0) is 23.6. The molecule has 5 atom stereocenters. The number of ether oxygens (including phenoxy) is 1. The zero-order valence-electron chi connectivity index (χ0n) is 19.3. The Bertz CT molecular complexity index is 881. The standard InChI is InChI=1S/C28H35ClO4/c1-33-27(32)12-8-3-2-7-11-23-24(29)19-26(31)28(23)22-16-14-21(15-17-22)25(30)18-13-20-9-5-4-6-10-20/h2,4-7,9-10,14-17,23-26,28,30-31H,3,8,11-13,18-19H2,1H3/b7-2-/t23-,24-,25?,26+,28+/m0/s1. The van der Waals surface area contributed by atoms with Crippen LogP contribution >= 0.6 is 11.6 Å². The average Bonchev–Trinajstić information content (AvgIpc) is 3.12. The maximum absolute atomic E-state index is 11.2. The second kappa shape index (κ2) is 12.9. The number of hydrogen-bond donors (Lipinski definition) is 2. The lowest BCUT2D eigenvalue weighted by molar-refractivity contribution is -0.140. The van der Waals surface area contributed by atoms with Crippen molar-refractivity contribution in [1.29, 1.82) is 0 Å². The molecule has 0 spiro atoms. The quantitative estimate of drug-likeness (QED) is 0.191. The molecule has 1 fully saturated rings. The lowest BCUT2D eigenvalue weighted by Crippen LogP contribution is -2.18. The molecule has 3 rings (SSSR count). The van der Waals surface area contributed by atoms with Gasteiger partial charge in [0.15, 0.2) is 0 Å². The van der Waals surface area contributed by atoms with Crippen molar-refractivity contribution in [2.45, 2.75) is 68.4 Å². The van der Waals surface area contributed by atoms with Gasteiger partial charge in [0.2, 0.25) is 0 Å². The van der Waals surface area contributed by atoms with Gasteiger partial charge in [0, 0.05) is 17.7 Å². The third kappa shape index (κ3) is 7.43. The summed E-state index contributed by atoms with van der Waals surface area (Å²) in [7, 11) is 1.41. The van der Waals surface area contributed by atoms with Gasteiger partial charge in [-0.05, 0) is 61.1 Å². The van der Waals surface area contributed by atoms with E-state index in [-0.39, 0.29) is 23.2 Å². The van der Waals surface area contributed by atoms with Gasteiger partial charge in [0.1, 0.15) is 0 Å². The number of allylic oxidation sites excluding steroid dienone is 2. The molecule has 1 saturated carbocycles. The fourth-order valence-electron chi connectivity index (χ4n) is 4.72. The van der Waals surface area contributed by atoms with E-state index in [1.165, 1.54) is 12.7 Å². The summed E-state index contributed by atoms with van der Waals surface area (Å²) >= 11 is 6.60. The van der Waals surface area contributed by atoms with Crippen molar-refractivity contribution in [3.8, 4) is 0 Å². The second-order valence-electron chi connectivity index (χ2n) is 8.89. The fraction of sp³-hybridized carbons (Fsp3) is 0.464. The number of carbonyl (C=O) groups excluding carboxylic acids is 1. The van der Waals surface area contributed by atoms with Gasteiger partial charge in [-0.3, -0.25) is 4.79 Å². The Kier molecular flexibility index (Phi) is 9.98. The SMILES string of the molecule is COC(=O)CCC/C=C\C[C@@H]1[C@@H](c2ccc(C(O)CCc3ccccc3)cc2)[C@H](O)C[C@@H]1Cl. The molecule has 0 aromatic heterocycles.